The summed E-state index contributed by atoms with van der Waals surface area (Å²) in [5, 5.41) is 12.6. The van der Waals surface area contributed by atoms with Gasteiger partial charge in [-0.05, 0) is 24.8 Å². The van der Waals surface area contributed by atoms with Crippen LogP contribution in [0.1, 0.15) is 17.9 Å². The van der Waals surface area contributed by atoms with Crippen LogP contribution in [0.5, 0.6) is 0 Å². The lowest BCUT2D eigenvalue weighted by Gasteiger charge is -2.22. The highest BCUT2D eigenvalue weighted by Crippen LogP contribution is 2.25. The van der Waals surface area contributed by atoms with Crippen molar-refractivity contribution in [3.05, 3.63) is 28.3 Å². The van der Waals surface area contributed by atoms with Gasteiger partial charge in [0.25, 0.3) is 0 Å². The fraction of sp³-hybridized carbons (Fsp3) is 0.500. The molecule has 0 radical (unpaired) electrons. The first kappa shape index (κ1) is 17.0. The van der Waals surface area contributed by atoms with Crippen molar-refractivity contribution in [3.8, 4) is 11.5 Å². The van der Waals surface area contributed by atoms with Crippen LogP contribution in [0.2, 0.25) is 0 Å². The van der Waals surface area contributed by atoms with Gasteiger partial charge in [-0.2, -0.15) is 24.5 Å². The molecule has 0 amide bonds. The molecule has 0 aliphatic heterocycles. The number of aliphatic hydroxyl groups is 1. The highest BCUT2D eigenvalue weighted by Gasteiger charge is 2.31. The van der Waals surface area contributed by atoms with Crippen molar-refractivity contribution in [1.82, 2.24) is 9.88 Å². The zero-order valence-electron chi connectivity index (χ0n) is 12.1. The molecule has 0 saturated carbocycles. The Hall–Kier alpha value is -1.38. The highest BCUT2D eigenvalue weighted by molar-refractivity contribution is 7.08. The van der Waals surface area contributed by atoms with Crippen molar-refractivity contribution in [2.75, 3.05) is 19.7 Å². The van der Waals surface area contributed by atoms with Crippen LogP contribution in [0.4, 0.5) is 13.2 Å². The minimum Gasteiger partial charge on any atom is -0.441 e. The number of aryl methyl sites for hydroxylation is 1. The Bertz CT molecular complexity index is 581. The summed E-state index contributed by atoms with van der Waals surface area (Å²) < 4.78 is 43.4. The summed E-state index contributed by atoms with van der Waals surface area (Å²) in [7, 11) is 0. The molecular formula is C14H17F3N2O2S. The van der Waals surface area contributed by atoms with Crippen molar-refractivity contribution >= 4 is 11.3 Å². The fourth-order valence-corrected chi connectivity index (χ4v) is 2.69. The predicted octanol–water partition coefficient (Wildman–Crippen LogP) is 3.46. The van der Waals surface area contributed by atoms with Crippen LogP contribution in [0.15, 0.2) is 21.2 Å². The van der Waals surface area contributed by atoms with Gasteiger partial charge in [-0.25, -0.2) is 4.98 Å². The molecule has 0 unspecified atom stereocenters. The number of halogens is 3. The Kier molecular flexibility index (Phi) is 5.60. The number of thiophene rings is 1. The molecule has 0 aromatic carbocycles. The van der Waals surface area contributed by atoms with Crippen molar-refractivity contribution in [2.45, 2.75) is 26.1 Å². The van der Waals surface area contributed by atoms with Crippen LogP contribution in [0, 0.1) is 6.92 Å². The van der Waals surface area contributed by atoms with Gasteiger partial charge in [-0.1, -0.05) is 0 Å². The molecule has 4 nitrogen and oxygen atoms in total. The molecule has 0 spiro atoms. The van der Waals surface area contributed by atoms with E-state index in [9.17, 15) is 13.2 Å². The molecule has 0 fully saturated rings. The summed E-state index contributed by atoms with van der Waals surface area (Å²) in [5.41, 5.74) is 1.31. The molecule has 1 N–H and O–H groups in total. The van der Waals surface area contributed by atoms with Gasteiger partial charge in [0.05, 0.1) is 12.2 Å². The lowest BCUT2D eigenvalue weighted by atomic mass is 10.3. The Morgan fingerprint density at radius 2 is 2.18 bits per heavy atom. The fourth-order valence-electron chi connectivity index (χ4n) is 2.06. The molecule has 0 aliphatic carbocycles. The lowest BCUT2D eigenvalue weighted by molar-refractivity contribution is -0.147. The van der Waals surface area contributed by atoms with E-state index in [-0.39, 0.29) is 26.1 Å². The molecule has 0 atom stereocenters. The maximum atomic E-state index is 12.6. The number of aromatic nitrogens is 1. The Morgan fingerprint density at radius 3 is 2.77 bits per heavy atom. The van der Waals surface area contributed by atoms with E-state index in [4.69, 9.17) is 9.52 Å². The summed E-state index contributed by atoms with van der Waals surface area (Å²) in [5.74, 6) is 0.931. The topological polar surface area (TPSA) is 49.5 Å². The van der Waals surface area contributed by atoms with Gasteiger partial charge in [0.2, 0.25) is 5.89 Å². The van der Waals surface area contributed by atoms with Gasteiger partial charge in [0, 0.05) is 30.6 Å². The van der Waals surface area contributed by atoms with E-state index in [0.717, 1.165) is 5.56 Å². The molecule has 22 heavy (non-hydrogen) atoms. The quantitative estimate of drug-likeness (QED) is 0.842. The summed E-state index contributed by atoms with van der Waals surface area (Å²) in [6.45, 7) is 0.699. The van der Waals surface area contributed by atoms with Crippen molar-refractivity contribution in [3.63, 3.8) is 0 Å². The van der Waals surface area contributed by atoms with E-state index < -0.39 is 12.7 Å². The molecule has 8 heteroatoms. The smallest absolute Gasteiger partial charge is 0.401 e. The normalized spacial score (nSPS) is 12.3. The number of hydrogen-bond donors (Lipinski definition) is 1. The van der Waals surface area contributed by atoms with Crippen molar-refractivity contribution in [2.24, 2.45) is 0 Å². The van der Waals surface area contributed by atoms with Crippen LogP contribution in [-0.2, 0) is 6.54 Å². The standard InChI is InChI=1S/C14H17F3N2O2S/c1-10-12(18-13(21-10)11-3-6-22-8-11)7-19(4-2-5-20)9-14(15,16)17/h3,6,8,20H,2,4-5,7,9H2,1H3. The molecule has 122 valence electrons. The first-order chi connectivity index (χ1) is 10.4. The number of aliphatic hydroxyl groups excluding tert-OH is 1. The number of rotatable bonds is 7. The van der Waals surface area contributed by atoms with E-state index in [1.807, 2.05) is 16.8 Å². The average Bonchev–Trinajstić information content (AvgIpc) is 3.05. The van der Waals surface area contributed by atoms with Gasteiger partial charge >= 0.3 is 6.18 Å². The SMILES string of the molecule is Cc1oc(-c2ccsc2)nc1CN(CCCO)CC(F)(F)F. The molecule has 2 heterocycles. The average molecular weight is 334 g/mol. The number of alkyl halides is 3. The second kappa shape index (κ2) is 7.26. The van der Waals surface area contributed by atoms with E-state index in [1.165, 1.54) is 16.2 Å². The molecule has 2 aromatic heterocycles. The molecule has 0 saturated heterocycles. The third kappa shape index (κ3) is 4.82. The Morgan fingerprint density at radius 1 is 1.41 bits per heavy atom. The van der Waals surface area contributed by atoms with Gasteiger partial charge < -0.3 is 9.52 Å². The van der Waals surface area contributed by atoms with Crippen LogP contribution in [0.25, 0.3) is 11.5 Å². The minimum absolute atomic E-state index is 0.0407. The van der Waals surface area contributed by atoms with Gasteiger partial charge in [-0.3, -0.25) is 4.90 Å². The Balaban J connectivity index is 2.11. The van der Waals surface area contributed by atoms with Gasteiger partial charge in [0.1, 0.15) is 5.76 Å². The van der Waals surface area contributed by atoms with Crippen LogP contribution < -0.4 is 0 Å². The highest BCUT2D eigenvalue weighted by atomic mass is 32.1. The third-order valence-electron chi connectivity index (χ3n) is 3.07. The van der Waals surface area contributed by atoms with Gasteiger partial charge in [-0.15, -0.1) is 0 Å². The van der Waals surface area contributed by atoms with Crippen molar-refractivity contribution in [1.29, 1.82) is 0 Å². The summed E-state index contributed by atoms with van der Waals surface area (Å²) in [4.78, 5) is 5.52. The predicted molar refractivity (Wildman–Crippen MR) is 77.6 cm³/mol. The number of oxazole rings is 1. The van der Waals surface area contributed by atoms with E-state index in [1.54, 1.807) is 6.92 Å². The monoisotopic (exact) mass is 334 g/mol. The molecule has 2 aromatic rings. The Labute approximate surface area is 130 Å². The maximum Gasteiger partial charge on any atom is 0.401 e. The molecule has 0 bridgehead atoms. The largest absolute Gasteiger partial charge is 0.441 e. The first-order valence-corrected chi connectivity index (χ1v) is 7.72. The summed E-state index contributed by atoms with van der Waals surface area (Å²) >= 11 is 1.50. The van der Waals surface area contributed by atoms with Crippen molar-refractivity contribution < 1.29 is 22.7 Å². The van der Waals surface area contributed by atoms with E-state index in [0.29, 0.717) is 17.3 Å². The zero-order chi connectivity index (χ0) is 16.2. The van der Waals surface area contributed by atoms with Crippen LogP contribution >= 0.6 is 11.3 Å². The molecular weight excluding hydrogens is 317 g/mol. The molecule has 2 rings (SSSR count). The molecule has 0 aliphatic rings. The summed E-state index contributed by atoms with van der Waals surface area (Å²) in [6, 6.07) is 1.85. The minimum atomic E-state index is -4.29. The second-order valence-electron chi connectivity index (χ2n) is 4.94. The van der Waals surface area contributed by atoms with E-state index >= 15 is 0 Å². The summed E-state index contributed by atoms with van der Waals surface area (Å²) in [6.07, 6.45) is -4.01. The number of nitrogens with zero attached hydrogens (tertiary/aromatic N) is 2. The van der Waals surface area contributed by atoms with Gasteiger partial charge in [0.15, 0.2) is 0 Å². The van der Waals surface area contributed by atoms with Crippen LogP contribution in [0.3, 0.4) is 0 Å². The van der Waals surface area contributed by atoms with E-state index in [2.05, 4.69) is 4.98 Å². The maximum absolute atomic E-state index is 12.6. The number of hydrogen-bond acceptors (Lipinski definition) is 5. The van der Waals surface area contributed by atoms with Crippen LogP contribution in [-0.4, -0.2) is 40.9 Å². The zero-order valence-corrected chi connectivity index (χ0v) is 12.9. The first-order valence-electron chi connectivity index (χ1n) is 6.78. The second-order valence-corrected chi connectivity index (χ2v) is 5.72. The third-order valence-corrected chi connectivity index (χ3v) is 3.75. The lowest BCUT2D eigenvalue weighted by Crippen LogP contribution is -2.35.